The molecule has 0 aliphatic heterocycles. The van der Waals surface area contributed by atoms with Crippen molar-refractivity contribution in [2.75, 3.05) is 13.2 Å². The van der Waals surface area contributed by atoms with Crippen LogP contribution in [-0.4, -0.2) is 36.4 Å². The number of esters is 1. The largest absolute Gasteiger partial charge is 0.494 e. The summed E-state index contributed by atoms with van der Waals surface area (Å²) < 4.78 is 22.8. The average molecular weight is 546 g/mol. The number of carbonyl (C=O) groups excluding carboxylic acids is 1. The maximum atomic E-state index is 12.4. The Morgan fingerprint density at radius 1 is 0.925 bits per heavy atom. The number of carboxylic acid groups (broad SMARTS) is 1. The summed E-state index contributed by atoms with van der Waals surface area (Å²) in [7, 11) is 0. The molecule has 4 rings (SSSR count). The summed E-state index contributed by atoms with van der Waals surface area (Å²) in [5.74, 6) is -0.190. The quantitative estimate of drug-likeness (QED) is 0.140. The van der Waals surface area contributed by atoms with E-state index in [2.05, 4.69) is 12.1 Å². The zero-order chi connectivity index (χ0) is 28.5. The van der Waals surface area contributed by atoms with Crippen LogP contribution < -0.4 is 15.2 Å². The summed E-state index contributed by atoms with van der Waals surface area (Å²) in [6.45, 7) is 4.46. The molecule has 0 saturated heterocycles. The number of benzene rings is 3. The Labute approximate surface area is 233 Å². The van der Waals surface area contributed by atoms with Crippen LogP contribution in [0.25, 0.3) is 22.1 Å². The average Bonchev–Trinajstić information content (AvgIpc) is 3.37. The summed E-state index contributed by atoms with van der Waals surface area (Å²) in [5, 5.41) is 10.1. The van der Waals surface area contributed by atoms with E-state index in [0.29, 0.717) is 30.1 Å². The second kappa shape index (κ2) is 13.7. The van der Waals surface area contributed by atoms with Crippen LogP contribution in [0.15, 0.2) is 77.4 Å². The van der Waals surface area contributed by atoms with E-state index in [1.54, 1.807) is 38.3 Å². The molecule has 0 amide bonds. The molecule has 8 heteroatoms. The van der Waals surface area contributed by atoms with Crippen molar-refractivity contribution in [2.24, 2.45) is 5.73 Å². The summed E-state index contributed by atoms with van der Waals surface area (Å²) in [4.78, 5) is 23.5. The molecule has 0 radical (unpaired) electrons. The molecule has 3 N–H and O–H groups in total. The molecule has 1 heterocycles. The standard InChI is InChI=1S/C32H35NO7/c1-21(2)40-32(36)31(33)27-18-24(12-10-23(27)11-15-30(34)35)37-16-6-7-17-38-25-13-14-26-28(20-39-29(26)19-25)22-8-4-3-5-9-22/h3-5,8-10,12-14,18-21,31H,6-7,11,15-17,33H2,1-2H3,(H,34,35). The van der Waals surface area contributed by atoms with Gasteiger partial charge in [-0.3, -0.25) is 4.79 Å². The van der Waals surface area contributed by atoms with Crippen LogP contribution in [0.4, 0.5) is 0 Å². The minimum absolute atomic E-state index is 0.0692. The van der Waals surface area contributed by atoms with Gasteiger partial charge < -0.3 is 29.5 Å². The van der Waals surface area contributed by atoms with E-state index in [-0.39, 0.29) is 18.9 Å². The van der Waals surface area contributed by atoms with Crippen LogP contribution in [0.2, 0.25) is 0 Å². The molecule has 1 atom stereocenters. The molecule has 3 aromatic carbocycles. The van der Waals surface area contributed by atoms with Crippen molar-refractivity contribution in [1.82, 2.24) is 0 Å². The molecule has 1 aromatic heterocycles. The van der Waals surface area contributed by atoms with Crippen molar-refractivity contribution in [1.29, 1.82) is 0 Å². The van der Waals surface area contributed by atoms with E-state index in [4.69, 9.17) is 29.5 Å². The van der Waals surface area contributed by atoms with Crippen LogP contribution in [0, 0.1) is 0 Å². The van der Waals surface area contributed by atoms with E-state index in [1.807, 2.05) is 36.4 Å². The molecular weight excluding hydrogens is 510 g/mol. The van der Waals surface area contributed by atoms with Gasteiger partial charge in [0.1, 0.15) is 23.1 Å². The molecule has 1 unspecified atom stereocenters. The first-order valence-corrected chi connectivity index (χ1v) is 13.4. The van der Waals surface area contributed by atoms with Gasteiger partial charge in [0.25, 0.3) is 0 Å². The van der Waals surface area contributed by atoms with Crippen LogP contribution >= 0.6 is 0 Å². The number of furan rings is 1. The lowest BCUT2D eigenvalue weighted by Gasteiger charge is -2.18. The van der Waals surface area contributed by atoms with Crippen molar-refractivity contribution in [3.05, 3.63) is 84.1 Å². The Hall–Kier alpha value is -4.30. The molecule has 210 valence electrons. The first-order chi connectivity index (χ1) is 19.3. The Bertz CT molecular complexity index is 1430. The van der Waals surface area contributed by atoms with Crippen molar-refractivity contribution in [2.45, 2.75) is 51.7 Å². The molecule has 0 aliphatic rings. The molecular formula is C32H35NO7. The third-order valence-corrected chi connectivity index (χ3v) is 6.37. The SMILES string of the molecule is CC(C)OC(=O)C(N)c1cc(OCCCCOc2ccc3c(-c4ccccc4)coc3c2)ccc1CCC(=O)O. The zero-order valence-electron chi connectivity index (χ0n) is 22.8. The van der Waals surface area contributed by atoms with E-state index < -0.39 is 18.0 Å². The van der Waals surface area contributed by atoms with Gasteiger partial charge in [0.15, 0.2) is 0 Å². The number of hydrogen-bond acceptors (Lipinski definition) is 7. The maximum Gasteiger partial charge on any atom is 0.327 e. The highest BCUT2D eigenvalue weighted by Crippen LogP contribution is 2.32. The fourth-order valence-corrected chi connectivity index (χ4v) is 4.38. The summed E-state index contributed by atoms with van der Waals surface area (Å²) in [6, 6.07) is 20.2. The number of aryl methyl sites for hydroxylation is 1. The Balaban J connectivity index is 1.28. The van der Waals surface area contributed by atoms with Gasteiger partial charge in [0.05, 0.1) is 25.6 Å². The smallest absolute Gasteiger partial charge is 0.327 e. The van der Waals surface area contributed by atoms with Crippen molar-refractivity contribution < 1.29 is 33.3 Å². The first-order valence-electron chi connectivity index (χ1n) is 13.4. The van der Waals surface area contributed by atoms with Gasteiger partial charge >= 0.3 is 11.9 Å². The van der Waals surface area contributed by atoms with Crippen molar-refractivity contribution in [3.63, 3.8) is 0 Å². The highest BCUT2D eigenvalue weighted by atomic mass is 16.5. The monoisotopic (exact) mass is 545 g/mol. The molecule has 0 fully saturated rings. The first kappa shape index (κ1) is 28.7. The number of unbranched alkanes of at least 4 members (excludes halogenated alkanes) is 1. The topological polar surface area (TPSA) is 121 Å². The number of fused-ring (bicyclic) bond motifs is 1. The third-order valence-electron chi connectivity index (χ3n) is 6.37. The van der Waals surface area contributed by atoms with Gasteiger partial charge in [-0.15, -0.1) is 0 Å². The van der Waals surface area contributed by atoms with Gasteiger partial charge in [-0.1, -0.05) is 36.4 Å². The summed E-state index contributed by atoms with van der Waals surface area (Å²) in [5.41, 5.74) is 10.3. The number of rotatable bonds is 14. The van der Waals surface area contributed by atoms with E-state index in [1.165, 1.54) is 0 Å². The number of carboxylic acids is 1. The molecule has 40 heavy (non-hydrogen) atoms. The summed E-state index contributed by atoms with van der Waals surface area (Å²) in [6.07, 6.45) is 3.16. The lowest BCUT2D eigenvalue weighted by atomic mass is 9.97. The van der Waals surface area contributed by atoms with Crippen LogP contribution in [0.3, 0.4) is 0 Å². The minimum atomic E-state index is -1.03. The molecule has 0 spiro atoms. The number of aliphatic carboxylic acids is 1. The molecule has 0 aliphatic carbocycles. The number of ether oxygens (including phenoxy) is 3. The predicted molar refractivity (Wildman–Crippen MR) is 152 cm³/mol. The second-order valence-electron chi connectivity index (χ2n) is 9.80. The Morgan fingerprint density at radius 3 is 2.27 bits per heavy atom. The highest BCUT2D eigenvalue weighted by Gasteiger charge is 2.22. The van der Waals surface area contributed by atoms with E-state index in [0.717, 1.165) is 40.7 Å². The molecule has 0 saturated carbocycles. The van der Waals surface area contributed by atoms with Crippen LogP contribution in [0.5, 0.6) is 11.5 Å². The summed E-state index contributed by atoms with van der Waals surface area (Å²) >= 11 is 0. The fraction of sp³-hybridized carbons (Fsp3) is 0.312. The predicted octanol–water partition coefficient (Wildman–Crippen LogP) is 6.31. The van der Waals surface area contributed by atoms with Crippen LogP contribution in [0.1, 0.15) is 50.3 Å². The van der Waals surface area contributed by atoms with Crippen molar-refractivity contribution >= 4 is 22.9 Å². The lowest BCUT2D eigenvalue weighted by Crippen LogP contribution is -2.27. The highest BCUT2D eigenvalue weighted by molar-refractivity contribution is 5.94. The van der Waals surface area contributed by atoms with Crippen molar-refractivity contribution in [3.8, 4) is 22.6 Å². The number of carbonyl (C=O) groups is 2. The Morgan fingerprint density at radius 2 is 1.60 bits per heavy atom. The maximum absolute atomic E-state index is 12.4. The van der Waals surface area contributed by atoms with Gasteiger partial charge in [0, 0.05) is 23.4 Å². The molecule has 8 nitrogen and oxygen atoms in total. The lowest BCUT2D eigenvalue weighted by molar-refractivity contribution is -0.149. The molecule has 4 aromatic rings. The van der Waals surface area contributed by atoms with E-state index >= 15 is 0 Å². The normalized spacial score (nSPS) is 11.9. The van der Waals surface area contributed by atoms with Gasteiger partial charge in [-0.2, -0.15) is 0 Å². The third kappa shape index (κ3) is 7.64. The van der Waals surface area contributed by atoms with Gasteiger partial charge in [-0.05, 0) is 74.1 Å². The number of nitrogens with two attached hydrogens (primary N) is 1. The number of hydrogen-bond donors (Lipinski definition) is 2. The fourth-order valence-electron chi connectivity index (χ4n) is 4.38. The minimum Gasteiger partial charge on any atom is -0.494 e. The van der Waals surface area contributed by atoms with Gasteiger partial charge in [0.2, 0.25) is 0 Å². The van der Waals surface area contributed by atoms with Gasteiger partial charge in [-0.25, -0.2) is 4.79 Å². The zero-order valence-corrected chi connectivity index (χ0v) is 22.8. The van der Waals surface area contributed by atoms with E-state index in [9.17, 15) is 9.59 Å². The van der Waals surface area contributed by atoms with Crippen LogP contribution in [-0.2, 0) is 20.7 Å². The molecule has 0 bridgehead atoms. The Kier molecular flexibility index (Phi) is 9.81. The second-order valence-corrected chi connectivity index (χ2v) is 9.80.